The number of halogens is 2. The Labute approximate surface area is 127 Å². The van der Waals surface area contributed by atoms with Crippen molar-refractivity contribution in [2.75, 3.05) is 19.8 Å². The second-order valence-corrected chi connectivity index (χ2v) is 5.34. The molecule has 6 heteroatoms. The summed E-state index contributed by atoms with van der Waals surface area (Å²) in [6.07, 6.45) is 1.63. The van der Waals surface area contributed by atoms with Gasteiger partial charge in [0.2, 0.25) is 5.28 Å². The largest absolute Gasteiger partial charge is 0.378 e. The SMILES string of the molecule is Clc1cc(-c2ccnc(Cl)n2)cc(C2COCCN2)c1. The van der Waals surface area contributed by atoms with Crippen LogP contribution in [0.2, 0.25) is 10.3 Å². The molecule has 0 spiro atoms. The minimum Gasteiger partial charge on any atom is -0.378 e. The van der Waals surface area contributed by atoms with Crippen LogP contribution >= 0.6 is 23.2 Å². The number of benzene rings is 1. The molecule has 1 atom stereocenters. The molecule has 3 rings (SSSR count). The van der Waals surface area contributed by atoms with Gasteiger partial charge in [0.05, 0.1) is 24.9 Å². The maximum atomic E-state index is 6.21. The van der Waals surface area contributed by atoms with Crippen LogP contribution in [-0.2, 0) is 4.74 Å². The number of ether oxygens (including phenoxy) is 1. The Morgan fingerprint density at radius 2 is 2.15 bits per heavy atom. The van der Waals surface area contributed by atoms with Gasteiger partial charge in [-0.1, -0.05) is 11.6 Å². The first-order valence-electron chi connectivity index (χ1n) is 6.33. The summed E-state index contributed by atoms with van der Waals surface area (Å²) in [5.41, 5.74) is 2.76. The van der Waals surface area contributed by atoms with Crippen molar-refractivity contribution in [2.24, 2.45) is 0 Å². The zero-order valence-electron chi connectivity index (χ0n) is 10.6. The van der Waals surface area contributed by atoms with E-state index in [4.69, 9.17) is 27.9 Å². The van der Waals surface area contributed by atoms with Gasteiger partial charge in [0.15, 0.2) is 0 Å². The Bertz CT molecular complexity index is 615. The fraction of sp³-hybridized carbons (Fsp3) is 0.286. The van der Waals surface area contributed by atoms with E-state index in [1.54, 1.807) is 6.20 Å². The molecule has 1 aliphatic heterocycles. The quantitative estimate of drug-likeness (QED) is 0.866. The third-order valence-electron chi connectivity index (χ3n) is 3.17. The van der Waals surface area contributed by atoms with E-state index in [0.717, 1.165) is 30.0 Å². The third kappa shape index (κ3) is 3.10. The Hall–Kier alpha value is -1.20. The van der Waals surface area contributed by atoms with Gasteiger partial charge in [-0.15, -0.1) is 0 Å². The van der Waals surface area contributed by atoms with Gasteiger partial charge < -0.3 is 10.1 Å². The molecule has 20 heavy (non-hydrogen) atoms. The van der Waals surface area contributed by atoms with Crippen LogP contribution < -0.4 is 5.32 Å². The molecule has 1 aromatic carbocycles. The lowest BCUT2D eigenvalue weighted by Crippen LogP contribution is -2.34. The first-order chi connectivity index (χ1) is 9.72. The highest BCUT2D eigenvalue weighted by Gasteiger charge is 2.16. The molecular weight excluding hydrogens is 297 g/mol. The Morgan fingerprint density at radius 1 is 1.25 bits per heavy atom. The van der Waals surface area contributed by atoms with Crippen LogP contribution in [0.3, 0.4) is 0 Å². The number of morpholine rings is 1. The van der Waals surface area contributed by atoms with Gasteiger partial charge in [-0.2, -0.15) is 0 Å². The Kier molecular flexibility index (Phi) is 4.17. The van der Waals surface area contributed by atoms with Gasteiger partial charge in [0, 0.05) is 23.3 Å². The van der Waals surface area contributed by atoms with Gasteiger partial charge in [-0.3, -0.25) is 0 Å². The lowest BCUT2D eigenvalue weighted by atomic mass is 10.0. The molecule has 0 amide bonds. The number of aromatic nitrogens is 2. The van der Waals surface area contributed by atoms with Crippen molar-refractivity contribution in [3.8, 4) is 11.3 Å². The molecule has 0 bridgehead atoms. The van der Waals surface area contributed by atoms with E-state index >= 15 is 0 Å². The highest BCUT2D eigenvalue weighted by molar-refractivity contribution is 6.31. The topological polar surface area (TPSA) is 47.0 Å². The highest BCUT2D eigenvalue weighted by Crippen LogP contribution is 2.27. The summed E-state index contributed by atoms with van der Waals surface area (Å²) in [5, 5.41) is 4.30. The normalized spacial score (nSPS) is 19.0. The summed E-state index contributed by atoms with van der Waals surface area (Å²) in [6, 6.07) is 7.83. The second-order valence-electron chi connectivity index (χ2n) is 4.57. The molecule has 2 heterocycles. The van der Waals surface area contributed by atoms with Crippen molar-refractivity contribution < 1.29 is 4.74 Å². The molecule has 1 unspecified atom stereocenters. The van der Waals surface area contributed by atoms with E-state index in [0.29, 0.717) is 11.6 Å². The van der Waals surface area contributed by atoms with Crippen molar-refractivity contribution in [2.45, 2.75) is 6.04 Å². The predicted octanol–water partition coefficient (Wildman–Crippen LogP) is 3.11. The van der Waals surface area contributed by atoms with E-state index in [1.807, 2.05) is 18.2 Å². The Morgan fingerprint density at radius 3 is 2.90 bits per heavy atom. The number of hydrogen-bond donors (Lipinski definition) is 1. The maximum absolute atomic E-state index is 6.21. The third-order valence-corrected chi connectivity index (χ3v) is 3.57. The van der Waals surface area contributed by atoms with Crippen molar-refractivity contribution in [3.05, 3.63) is 46.3 Å². The van der Waals surface area contributed by atoms with Crippen LogP contribution in [0.1, 0.15) is 11.6 Å². The van der Waals surface area contributed by atoms with E-state index < -0.39 is 0 Å². The van der Waals surface area contributed by atoms with Crippen LogP contribution in [-0.4, -0.2) is 29.7 Å². The van der Waals surface area contributed by atoms with Crippen LogP contribution in [0, 0.1) is 0 Å². The molecule has 0 saturated carbocycles. The van der Waals surface area contributed by atoms with Gasteiger partial charge in [-0.25, -0.2) is 9.97 Å². The predicted molar refractivity (Wildman–Crippen MR) is 79.1 cm³/mol. The van der Waals surface area contributed by atoms with Gasteiger partial charge in [0.25, 0.3) is 0 Å². The summed E-state index contributed by atoms with van der Waals surface area (Å²) < 4.78 is 5.49. The molecule has 2 aromatic rings. The maximum Gasteiger partial charge on any atom is 0.222 e. The van der Waals surface area contributed by atoms with Gasteiger partial charge >= 0.3 is 0 Å². The number of nitrogens with one attached hydrogen (secondary N) is 1. The molecule has 4 nitrogen and oxygen atoms in total. The second kappa shape index (κ2) is 6.06. The number of nitrogens with zero attached hydrogens (tertiary/aromatic N) is 2. The van der Waals surface area contributed by atoms with E-state index in [2.05, 4.69) is 21.4 Å². The number of rotatable bonds is 2. The lowest BCUT2D eigenvalue weighted by molar-refractivity contribution is 0.0769. The van der Waals surface area contributed by atoms with E-state index in [9.17, 15) is 0 Å². The van der Waals surface area contributed by atoms with Crippen LogP contribution in [0.15, 0.2) is 30.5 Å². The van der Waals surface area contributed by atoms with Crippen molar-refractivity contribution >= 4 is 23.2 Å². The smallest absolute Gasteiger partial charge is 0.222 e. The first kappa shape index (κ1) is 13.8. The molecule has 1 N–H and O–H groups in total. The highest BCUT2D eigenvalue weighted by atomic mass is 35.5. The van der Waals surface area contributed by atoms with E-state index in [1.165, 1.54) is 0 Å². The standard InChI is InChI=1S/C14H13Cl2N3O/c15-11-6-9(12-1-2-18-14(16)19-12)5-10(7-11)13-8-20-4-3-17-13/h1-2,5-7,13,17H,3-4,8H2. The Balaban J connectivity index is 1.97. The zero-order chi connectivity index (χ0) is 13.9. The molecule has 1 aromatic heterocycles. The van der Waals surface area contributed by atoms with Crippen molar-refractivity contribution in [1.82, 2.24) is 15.3 Å². The fourth-order valence-corrected chi connectivity index (χ4v) is 2.63. The average molecular weight is 310 g/mol. The van der Waals surface area contributed by atoms with Crippen molar-refractivity contribution in [3.63, 3.8) is 0 Å². The lowest BCUT2D eigenvalue weighted by Gasteiger charge is -2.24. The van der Waals surface area contributed by atoms with Crippen LogP contribution in [0.5, 0.6) is 0 Å². The average Bonchev–Trinajstić information content (AvgIpc) is 2.47. The number of hydrogen-bond acceptors (Lipinski definition) is 4. The molecule has 104 valence electrons. The van der Waals surface area contributed by atoms with Gasteiger partial charge in [-0.05, 0) is 41.4 Å². The molecular formula is C14H13Cl2N3O. The monoisotopic (exact) mass is 309 g/mol. The first-order valence-corrected chi connectivity index (χ1v) is 7.08. The molecule has 1 aliphatic rings. The van der Waals surface area contributed by atoms with Gasteiger partial charge in [0.1, 0.15) is 0 Å². The molecule has 0 aliphatic carbocycles. The summed E-state index contributed by atoms with van der Waals surface area (Å²) in [7, 11) is 0. The summed E-state index contributed by atoms with van der Waals surface area (Å²) >= 11 is 12.0. The minimum absolute atomic E-state index is 0.151. The summed E-state index contributed by atoms with van der Waals surface area (Å²) in [6.45, 7) is 2.22. The molecule has 1 fully saturated rings. The summed E-state index contributed by atoms with van der Waals surface area (Å²) in [4.78, 5) is 8.10. The fourth-order valence-electron chi connectivity index (χ4n) is 2.24. The van der Waals surface area contributed by atoms with E-state index in [-0.39, 0.29) is 11.3 Å². The molecule has 0 radical (unpaired) electrons. The molecule has 1 saturated heterocycles. The minimum atomic E-state index is 0.151. The summed E-state index contributed by atoms with van der Waals surface area (Å²) in [5.74, 6) is 0. The van der Waals surface area contributed by atoms with Crippen LogP contribution in [0.25, 0.3) is 11.3 Å². The van der Waals surface area contributed by atoms with Crippen LogP contribution in [0.4, 0.5) is 0 Å². The van der Waals surface area contributed by atoms with Crippen molar-refractivity contribution in [1.29, 1.82) is 0 Å². The zero-order valence-corrected chi connectivity index (χ0v) is 12.2.